The zero-order valence-electron chi connectivity index (χ0n) is 19.8. The molecule has 6 nitrogen and oxygen atoms in total. The first-order valence-electron chi connectivity index (χ1n) is 11.2. The van der Waals surface area contributed by atoms with E-state index in [1.807, 2.05) is 18.2 Å². The highest BCUT2D eigenvalue weighted by Gasteiger charge is 2.18. The van der Waals surface area contributed by atoms with Gasteiger partial charge < -0.3 is 23.7 Å². The van der Waals surface area contributed by atoms with E-state index in [4.69, 9.17) is 28.7 Å². The molecule has 3 aromatic rings. The number of nitrogens with zero attached hydrogens (tertiary/aromatic N) is 1. The van der Waals surface area contributed by atoms with Gasteiger partial charge in [0, 0.05) is 22.3 Å². The maximum atomic E-state index is 5.86. The highest BCUT2D eigenvalue weighted by molar-refractivity contribution is 5.75. The predicted octanol–water partition coefficient (Wildman–Crippen LogP) is 5.11. The molecule has 0 atom stereocenters. The summed E-state index contributed by atoms with van der Waals surface area (Å²) in [6, 6.07) is 14.4. The van der Waals surface area contributed by atoms with Crippen molar-refractivity contribution in [3.63, 3.8) is 0 Å². The fourth-order valence-corrected chi connectivity index (χ4v) is 4.21. The van der Waals surface area contributed by atoms with Gasteiger partial charge in [-0.1, -0.05) is 18.2 Å². The van der Waals surface area contributed by atoms with Crippen molar-refractivity contribution in [1.82, 2.24) is 4.98 Å². The molecule has 2 heterocycles. The molecule has 1 aliphatic heterocycles. The van der Waals surface area contributed by atoms with E-state index in [-0.39, 0.29) is 0 Å². The molecule has 33 heavy (non-hydrogen) atoms. The maximum Gasteiger partial charge on any atom is 0.133 e. The Morgan fingerprint density at radius 2 is 1.12 bits per heavy atom. The second-order valence-electron chi connectivity index (χ2n) is 8.14. The van der Waals surface area contributed by atoms with E-state index in [0.29, 0.717) is 39.6 Å². The van der Waals surface area contributed by atoms with Gasteiger partial charge in [-0.3, -0.25) is 0 Å². The maximum absolute atomic E-state index is 5.86. The summed E-state index contributed by atoms with van der Waals surface area (Å²) < 4.78 is 29.0. The Morgan fingerprint density at radius 3 is 1.58 bits per heavy atom. The zero-order chi connectivity index (χ0) is 23.2. The number of aromatic nitrogens is 1. The van der Waals surface area contributed by atoms with Crippen LogP contribution in [-0.4, -0.2) is 45.6 Å². The number of hydrogen-bond donors (Lipinski definition) is 0. The van der Waals surface area contributed by atoms with E-state index >= 15 is 0 Å². The first kappa shape index (κ1) is 23.2. The Morgan fingerprint density at radius 1 is 0.667 bits per heavy atom. The molecule has 0 amide bonds. The minimum atomic E-state index is 0.437. The Hall–Kier alpha value is -2.93. The third-order valence-corrected chi connectivity index (χ3v) is 5.59. The molecule has 1 aliphatic rings. The van der Waals surface area contributed by atoms with Crippen LogP contribution in [0.4, 0.5) is 0 Å². The van der Waals surface area contributed by atoms with Gasteiger partial charge in [-0.15, -0.1) is 0 Å². The second kappa shape index (κ2) is 10.8. The first-order chi connectivity index (χ1) is 16.1. The van der Waals surface area contributed by atoms with Gasteiger partial charge in [0.05, 0.1) is 65.2 Å². The van der Waals surface area contributed by atoms with Crippen molar-refractivity contribution in [3.8, 4) is 34.0 Å². The van der Waals surface area contributed by atoms with Crippen LogP contribution in [0.1, 0.15) is 22.3 Å². The molecule has 6 heteroatoms. The fourth-order valence-electron chi connectivity index (χ4n) is 4.21. The average molecular weight is 450 g/mol. The molecule has 0 saturated heterocycles. The molecule has 0 unspecified atom stereocenters. The summed E-state index contributed by atoms with van der Waals surface area (Å²) in [4.78, 5) is 5.02. The monoisotopic (exact) mass is 449 g/mol. The Bertz CT molecular complexity index is 1030. The van der Waals surface area contributed by atoms with Gasteiger partial charge in [0.1, 0.15) is 11.5 Å². The number of hydrogen-bond acceptors (Lipinski definition) is 6. The molecular formula is C27H31NO5. The molecule has 174 valence electrons. The van der Waals surface area contributed by atoms with Crippen LogP contribution in [-0.2, 0) is 27.4 Å². The minimum absolute atomic E-state index is 0.437. The van der Waals surface area contributed by atoms with Gasteiger partial charge in [0.15, 0.2) is 0 Å². The Labute approximate surface area is 195 Å². The summed E-state index contributed by atoms with van der Waals surface area (Å²) in [7, 11) is 3.37. The topological polar surface area (TPSA) is 59.0 Å². The number of aryl methyl sites for hydroxylation is 2. The van der Waals surface area contributed by atoms with Crippen molar-refractivity contribution in [1.29, 1.82) is 0 Å². The summed E-state index contributed by atoms with van der Waals surface area (Å²) in [5.41, 5.74) is 7.75. The van der Waals surface area contributed by atoms with E-state index in [2.05, 4.69) is 38.1 Å². The van der Waals surface area contributed by atoms with E-state index in [0.717, 1.165) is 56.3 Å². The zero-order valence-corrected chi connectivity index (χ0v) is 19.8. The Kier molecular flexibility index (Phi) is 7.60. The summed E-state index contributed by atoms with van der Waals surface area (Å²) in [6.45, 7) is 7.02. The highest BCUT2D eigenvalue weighted by Crippen LogP contribution is 2.38. The summed E-state index contributed by atoms with van der Waals surface area (Å²) >= 11 is 0. The molecule has 2 aromatic carbocycles. The second-order valence-corrected chi connectivity index (χ2v) is 8.14. The molecular weight excluding hydrogens is 418 g/mol. The van der Waals surface area contributed by atoms with E-state index in [1.165, 1.54) is 0 Å². The third kappa shape index (κ3) is 5.36. The van der Waals surface area contributed by atoms with E-state index < -0.39 is 0 Å². The van der Waals surface area contributed by atoms with Crippen molar-refractivity contribution >= 4 is 0 Å². The molecule has 0 fully saturated rings. The first-order valence-corrected chi connectivity index (χ1v) is 11.2. The molecule has 0 spiro atoms. The average Bonchev–Trinajstić information content (AvgIpc) is 2.81. The van der Waals surface area contributed by atoms with Crippen LogP contribution < -0.4 is 9.47 Å². The van der Waals surface area contributed by atoms with Crippen molar-refractivity contribution in [2.45, 2.75) is 27.1 Å². The van der Waals surface area contributed by atoms with Gasteiger partial charge in [-0.2, -0.15) is 0 Å². The fraction of sp³-hybridized carbons (Fsp3) is 0.370. The normalized spacial score (nSPS) is 14.8. The van der Waals surface area contributed by atoms with Crippen LogP contribution in [0.3, 0.4) is 0 Å². The number of methoxy groups -OCH3 is 2. The smallest absolute Gasteiger partial charge is 0.133 e. The standard InChI is InChI=1S/C27H31NO5/c1-18-12-20-16-32-10-8-31-9-11-33-17-21-13-19(2)15-23(27(21)30-4)25-7-5-6-24(28-25)22(14-18)26(20)29-3/h5-7,12-15H,8-11,16-17H2,1-4H3. The summed E-state index contributed by atoms with van der Waals surface area (Å²) in [5, 5.41) is 0. The largest absolute Gasteiger partial charge is 0.496 e. The summed E-state index contributed by atoms with van der Waals surface area (Å²) in [5.74, 6) is 1.55. The molecule has 6 bridgehead atoms. The third-order valence-electron chi connectivity index (χ3n) is 5.59. The van der Waals surface area contributed by atoms with Crippen molar-refractivity contribution < 1.29 is 23.7 Å². The van der Waals surface area contributed by atoms with E-state index in [1.54, 1.807) is 14.2 Å². The molecule has 4 rings (SSSR count). The van der Waals surface area contributed by atoms with Gasteiger partial charge in [0.25, 0.3) is 0 Å². The van der Waals surface area contributed by atoms with Crippen LogP contribution in [0.2, 0.25) is 0 Å². The van der Waals surface area contributed by atoms with Gasteiger partial charge in [-0.25, -0.2) is 4.98 Å². The van der Waals surface area contributed by atoms with Gasteiger partial charge in [-0.05, 0) is 49.2 Å². The number of rotatable bonds is 2. The lowest BCUT2D eigenvalue weighted by Crippen LogP contribution is -2.10. The van der Waals surface area contributed by atoms with Crippen LogP contribution >= 0.6 is 0 Å². The number of pyridine rings is 1. The number of benzene rings is 2. The number of ether oxygens (including phenoxy) is 5. The van der Waals surface area contributed by atoms with Gasteiger partial charge >= 0.3 is 0 Å². The number of fused-ring (bicyclic) bond motifs is 8. The molecule has 0 saturated carbocycles. The van der Waals surface area contributed by atoms with Crippen molar-refractivity contribution in [2.75, 3.05) is 40.6 Å². The molecule has 0 radical (unpaired) electrons. The molecule has 0 N–H and O–H groups in total. The lowest BCUT2D eigenvalue weighted by molar-refractivity contribution is 0.00653. The molecule has 0 aliphatic carbocycles. The quantitative estimate of drug-likeness (QED) is 0.542. The lowest BCUT2D eigenvalue weighted by Gasteiger charge is -2.18. The summed E-state index contributed by atoms with van der Waals surface area (Å²) in [6.07, 6.45) is 0. The predicted molar refractivity (Wildman–Crippen MR) is 128 cm³/mol. The lowest BCUT2D eigenvalue weighted by atomic mass is 9.99. The van der Waals surface area contributed by atoms with Crippen LogP contribution in [0.5, 0.6) is 11.5 Å². The van der Waals surface area contributed by atoms with Crippen LogP contribution in [0.15, 0.2) is 42.5 Å². The highest BCUT2D eigenvalue weighted by atomic mass is 16.5. The van der Waals surface area contributed by atoms with Crippen molar-refractivity contribution in [3.05, 3.63) is 64.7 Å². The van der Waals surface area contributed by atoms with Crippen LogP contribution in [0.25, 0.3) is 22.5 Å². The van der Waals surface area contributed by atoms with Gasteiger partial charge in [0.2, 0.25) is 0 Å². The van der Waals surface area contributed by atoms with Crippen LogP contribution in [0, 0.1) is 13.8 Å². The SMILES string of the molecule is COc1c2cc(C)cc1-c1cccc(n1)-c1cc(C)cc(c1OC)COCCOCCOC2. The van der Waals surface area contributed by atoms with Crippen molar-refractivity contribution in [2.24, 2.45) is 0 Å². The Balaban J connectivity index is 1.87. The van der Waals surface area contributed by atoms with E-state index in [9.17, 15) is 0 Å². The minimum Gasteiger partial charge on any atom is -0.496 e. The molecule has 1 aromatic heterocycles.